The highest BCUT2D eigenvalue weighted by Gasteiger charge is 2.53. The number of imidazole rings is 1. The molecule has 1 aliphatic carbocycles. The maximum atomic E-state index is 12.8. The van der Waals surface area contributed by atoms with E-state index in [1.165, 1.54) is 12.4 Å². The summed E-state index contributed by atoms with van der Waals surface area (Å²) >= 11 is 0. The van der Waals surface area contributed by atoms with Gasteiger partial charge in [0.1, 0.15) is 28.7 Å². The number of anilines is 2. The number of β-amino-alcohol motifs (C(OH)–C–C–N with tert-alkyl or cyclic N) is 1. The van der Waals surface area contributed by atoms with Gasteiger partial charge in [-0.25, -0.2) is 15.0 Å². The summed E-state index contributed by atoms with van der Waals surface area (Å²) in [7, 11) is 1.84. The predicted octanol–water partition coefficient (Wildman–Crippen LogP) is 3.07. The highest BCUT2D eigenvalue weighted by Crippen LogP contribution is 2.44. The molecule has 0 atom stereocenters. The zero-order chi connectivity index (χ0) is 25.7. The lowest BCUT2D eigenvalue weighted by atomic mass is 9.88. The lowest BCUT2D eigenvalue weighted by molar-refractivity contribution is -0.0958. The average molecular weight is 497 g/mol. The first-order chi connectivity index (χ1) is 17.8. The Bertz CT molecular complexity index is 1560. The summed E-state index contributed by atoms with van der Waals surface area (Å²) in [6.07, 6.45) is 6.76. The molecular weight excluding hydrogens is 472 g/mol. The Morgan fingerprint density at radius 1 is 1.22 bits per heavy atom. The second-order valence-corrected chi connectivity index (χ2v) is 9.68. The molecule has 1 amide bonds. The van der Waals surface area contributed by atoms with Crippen LogP contribution in [0.5, 0.6) is 11.6 Å². The third kappa shape index (κ3) is 4.21. The highest BCUT2D eigenvalue weighted by molar-refractivity contribution is 5.95. The molecule has 2 fully saturated rings. The molecule has 0 aromatic carbocycles. The van der Waals surface area contributed by atoms with Gasteiger partial charge in [0.2, 0.25) is 5.88 Å². The van der Waals surface area contributed by atoms with Crippen LogP contribution in [-0.2, 0) is 7.05 Å². The van der Waals surface area contributed by atoms with Crippen molar-refractivity contribution in [3.63, 3.8) is 0 Å². The van der Waals surface area contributed by atoms with Crippen molar-refractivity contribution in [1.82, 2.24) is 29.4 Å². The quantitative estimate of drug-likeness (QED) is 0.412. The van der Waals surface area contributed by atoms with Gasteiger partial charge in [-0.1, -0.05) is 0 Å². The number of fused-ring (bicyclic) bond motifs is 1. The minimum Gasteiger partial charge on any atom is -0.437 e. The van der Waals surface area contributed by atoms with Gasteiger partial charge in [0.05, 0.1) is 36.9 Å². The fourth-order valence-corrected chi connectivity index (χ4v) is 4.60. The summed E-state index contributed by atoms with van der Waals surface area (Å²) in [5, 5.41) is 22.8. The van der Waals surface area contributed by atoms with Crippen LogP contribution in [0.2, 0.25) is 0 Å². The van der Waals surface area contributed by atoms with Gasteiger partial charge in [-0.3, -0.25) is 4.79 Å². The van der Waals surface area contributed by atoms with Gasteiger partial charge in [-0.2, -0.15) is 10.2 Å². The van der Waals surface area contributed by atoms with Crippen LogP contribution >= 0.6 is 0 Å². The molecule has 0 unspecified atom stereocenters. The molecule has 6 rings (SSSR count). The molecule has 0 radical (unpaired) electrons. The predicted molar refractivity (Wildman–Crippen MR) is 133 cm³/mol. The van der Waals surface area contributed by atoms with Crippen molar-refractivity contribution >= 4 is 28.6 Å². The van der Waals surface area contributed by atoms with Crippen LogP contribution < -0.4 is 10.1 Å². The third-order valence-electron chi connectivity index (χ3n) is 6.86. The van der Waals surface area contributed by atoms with Gasteiger partial charge in [-0.05, 0) is 49.4 Å². The summed E-state index contributed by atoms with van der Waals surface area (Å²) in [6.45, 7) is 2.59. The minimum atomic E-state index is -0.716. The smallest absolute Gasteiger partial charge is 0.255 e. The van der Waals surface area contributed by atoms with E-state index in [0.717, 1.165) is 18.4 Å². The van der Waals surface area contributed by atoms with Gasteiger partial charge >= 0.3 is 0 Å². The Labute approximate surface area is 212 Å². The van der Waals surface area contributed by atoms with Crippen LogP contribution in [-0.4, -0.2) is 59.1 Å². The van der Waals surface area contributed by atoms with Crippen LogP contribution in [0.15, 0.2) is 43.0 Å². The topological polar surface area (TPSA) is 142 Å². The number of ether oxygens (including phenoxy) is 1. The number of nitrogens with zero attached hydrogens (tertiary/aromatic N) is 7. The Morgan fingerprint density at radius 3 is 2.70 bits per heavy atom. The molecule has 2 aliphatic rings. The number of carbonyl (C=O) groups excluding carboxylic acids is 1. The number of aryl methyl sites for hydroxylation is 2. The first-order valence-corrected chi connectivity index (χ1v) is 11.9. The molecule has 1 saturated carbocycles. The van der Waals surface area contributed by atoms with E-state index in [4.69, 9.17) is 10.00 Å². The number of carbonyl (C=O) groups is 1. The molecule has 37 heavy (non-hydrogen) atoms. The maximum Gasteiger partial charge on any atom is 0.255 e. The molecule has 0 bridgehead atoms. The lowest BCUT2D eigenvalue weighted by Crippen LogP contribution is -2.64. The summed E-state index contributed by atoms with van der Waals surface area (Å²) < 4.78 is 7.78. The van der Waals surface area contributed by atoms with E-state index in [2.05, 4.69) is 25.3 Å². The molecule has 186 valence electrons. The van der Waals surface area contributed by atoms with Crippen molar-refractivity contribution in [2.75, 3.05) is 18.4 Å². The van der Waals surface area contributed by atoms with E-state index in [1.54, 1.807) is 40.1 Å². The standard InChI is InChI=1S/C26H24N8O3/c1-15-7-18(9-27)28-11-20(15)37-22-8-19(23-24(32-22)33(2)14-30-23)31-21-6-3-16(10-29-21)25(35)34-12-26(36,13-34)17-4-5-17/h3,6-8,10-11,14,17,36H,4-5,12-13H2,1-2H3,(H,29,31,32). The lowest BCUT2D eigenvalue weighted by Gasteiger charge is -2.46. The molecule has 1 saturated heterocycles. The molecular formula is C26H24N8O3. The van der Waals surface area contributed by atoms with Crippen molar-refractivity contribution in [1.29, 1.82) is 5.26 Å². The zero-order valence-electron chi connectivity index (χ0n) is 20.3. The fraction of sp³-hybridized carbons (Fsp3) is 0.308. The second kappa shape index (κ2) is 8.53. The molecule has 2 N–H and O–H groups in total. The third-order valence-corrected chi connectivity index (χ3v) is 6.86. The van der Waals surface area contributed by atoms with E-state index in [0.29, 0.717) is 64.6 Å². The molecule has 0 spiro atoms. The number of hydrogen-bond acceptors (Lipinski definition) is 9. The largest absolute Gasteiger partial charge is 0.437 e. The van der Waals surface area contributed by atoms with Gasteiger partial charge < -0.3 is 24.6 Å². The van der Waals surface area contributed by atoms with Gasteiger partial charge in [0.25, 0.3) is 5.91 Å². The maximum absolute atomic E-state index is 12.8. The monoisotopic (exact) mass is 496 g/mol. The second-order valence-electron chi connectivity index (χ2n) is 9.68. The number of amides is 1. The van der Waals surface area contributed by atoms with Crippen LogP contribution in [0.25, 0.3) is 11.2 Å². The summed E-state index contributed by atoms with van der Waals surface area (Å²) in [5.41, 5.74) is 2.68. The molecule has 11 heteroatoms. The van der Waals surface area contributed by atoms with Gasteiger partial charge in [-0.15, -0.1) is 0 Å². The number of likely N-dealkylation sites (tertiary alicyclic amines) is 1. The van der Waals surface area contributed by atoms with E-state index in [-0.39, 0.29) is 5.91 Å². The van der Waals surface area contributed by atoms with Crippen molar-refractivity contribution in [3.8, 4) is 17.7 Å². The average Bonchev–Trinajstić information content (AvgIpc) is 3.67. The van der Waals surface area contributed by atoms with Crippen LogP contribution in [0.1, 0.15) is 34.5 Å². The zero-order valence-corrected chi connectivity index (χ0v) is 20.3. The number of nitriles is 1. The Kier molecular flexibility index (Phi) is 5.27. The van der Waals surface area contributed by atoms with Crippen LogP contribution in [0.3, 0.4) is 0 Å². The van der Waals surface area contributed by atoms with Crippen molar-refractivity contribution in [3.05, 3.63) is 59.8 Å². The van der Waals surface area contributed by atoms with Crippen LogP contribution in [0, 0.1) is 24.2 Å². The summed E-state index contributed by atoms with van der Waals surface area (Å²) in [4.78, 5) is 32.0. The van der Waals surface area contributed by atoms with Gasteiger partial charge in [0, 0.05) is 19.3 Å². The molecule has 11 nitrogen and oxygen atoms in total. The van der Waals surface area contributed by atoms with E-state index in [9.17, 15) is 9.90 Å². The minimum absolute atomic E-state index is 0.137. The van der Waals surface area contributed by atoms with Crippen LogP contribution in [0.4, 0.5) is 11.5 Å². The first kappa shape index (κ1) is 22.9. The van der Waals surface area contributed by atoms with E-state index >= 15 is 0 Å². The molecule has 1 aliphatic heterocycles. The van der Waals surface area contributed by atoms with E-state index in [1.807, 2.05) is 20.0 Å². The SMILES string of the molecule is Cc1cc(C#N)ncc1Oc1cc(Nc2ccc(C(=O)N3CC(O)(C4CC4)C3)cn2)c2ncn(C)c2n1. The number of aromatic nitrogens is 5. The molecule has 4 aromatic heterocycles. The van der Waals surface area contributed by atoms with Crippen molar-refractivity contribution in [2.24, 2.45) is 13.0 Å². The number of nitrogens with one attached hydrogen (secondary N) is 1. The Balaban J connectivity index is 1.22. The normalized spacial score (nSPS) is 16.2. The summed E-state index contributed by atoms with van der Waals surface area (Å²) in [6, 6.07) is 8.82. The number of rotatable bonds is 6. The van der Waals surface area contributed by atoms with E-state index < -0.39 is 5.60 Å². The summed E-state index contributed by atoms with van der Waals surface area (Å²) in [5.74, 6) is 1.52. The fourth-order valence-electron chi connectivity index (χ4n) is 4.60. The highest BCUT2D eigenvalue weighted by atomic mass is 16.5. The van der Waals surface area contributed by atoms with Crippen molar-refractivity contribution < 1.29 is 14.6 Å². The Morgan fingerprint density at radius 2 is 2.03 bits per heavy atom. The first-order valence-electron chi connectivity index (χ1n) is 11.9. The molecule has 4 aromatic rings. The number of aliphatic hydroxyl groups is 1. The number of pyridine rings is 3. The number of hydrogen-bond donors (Lipinski definition) is 2. The Hall–Kier alpha value is -4.56. The van der Waals surface area contributed by atoms with Gasteiger partial charge in [0.15, 0.2) is 11.4 Å². The molecule has 5 heterocycles. The van der Waals surface area contributed by atoms with Crippen molar-refractivity contribution in [2.45, 2.75) is 25.4 Å².